The highest BCUT2D eigenvalue weighted by atomic mass is 32.2. The van der Waals surface area contributed by atoms with Gasteiger partial charge in [0.2, 0.25) is 11.5 Å². The summed E-state index contributed by atoms with van der Waals surface area (Å²) >= 11 is 0.951. The quantitative estimate of drug-likeness (QED) is 0.101. The molecule has 0 aromatic carbocycles. The molecule has 2 aromatic rings. The number of thiazole rings is 1. The summed E-state index contributed by atoms with van der Waals surface area (Å²) in [4.78, 5) is 59.9. The number of hydrogen-bond donors (Lipinski definition) is 4. The standard InChI is InChI=1S/C22H28N8O10S2/c1-21(2,3)39-20(35)27-19-25-13(10-41-19)15(29-40-22(5-6-22)18(33)34)17(32)26-14-12(24-16(14)31)8-30-23-7-11(28-30)9-38-42(4,36)37/h7,10,12,14H,5-6,8-9H2,1-4H3,(H,24,31)(H,26,32)(H,33,34)(H,25,27,35)/b29-15-/t12-,14+/m1/s1. The van der Waals surface area contributed by atoms with Crippen molar-refractivity contribution >= 4 is 56.2 Å². The molecule has 20 heteroatoms. The maximum Gasteiger partial charge on any atom is 0.413 e. The number of ether oxygens (including phenoxy) is 1. The van der Waals surface area contributed by atoms with Crippen LogP contribution in [-0.2, 0) is 51.4 Å². The number of oxime groups is 1. The van der Waals surface area contributed by atoms with Gasteiger partial charge in [-0.15, -0.1) is 11.3 Å². The summed E-state index contributed by atoms with van der Waals surface area (Å²) in [7, 11) is -3.68. The third kappa shape index (κ3) is 7.97. The normalized spacial score (nSPS) is 19.7. The van der Waals surface area contributed by atoms with Crippen LogP contribution >= 0.6 is 11.3 Å². The molecule has 1 saturated carbocycles. The molecule has 1 aliphatic heterocycles. The van der Waals surface area contributed by atoms with Gasteiger partial charge in [-0.25, -0.2) is 14.6 Å². The number of rotatable bonds is 12. The van der Waals surface area contributed by atoms with Gasteiger partial charge in [0.05, 0.1) is 25.0 Å². The van der Waals surface area contributed by atoms with Crippen LogP contribution in [-0.4, -0.2) is 92.6 Å². The molecule has 3 heterocycles. The van der Waals surface area contributed by atoms with E-state index in [1.807, 2.05) is 0 Å². The minimum absolute atomic E-state index is 0.0152. The molecule has 0 radical (unpaired) electrons. The van der Waals surface area contributed by atoms with E-state index in [-0.39, 0.29) is 42.5 Å². The highest BCUT2D eigenvalue weighted by Crippen LogP contribution is 2.40. The Morgan fingerprint density at radius 2 is 2.02 bits per heavy atom. The topological polar surface area (TPSA) is 242 Å². The van der Waals surface area contributed by atoms with Crippen LogP contribution in [0, 0.1) is 0 Å². The summed E-state index contributed by atoms with van der Waals surface area (Å²) < 4.78 is 32.2. The molecule has 42 heavy (non-hydrogen) atoms. The first-order valence-electron chi connectivity index (χ1n) is 12.3. The molecule has 1 saturated heterocycles. The lowest BCUT2D eigenvalue weighted by Gasteiger charge is -2.36. The maximum absolute atomic E-state index is 13.3. The Labute approximate surface area is 242 Å². The molecule has 1 aliphatic carbocycles. The second-order valence-electron chi connectivity index (χ2n) is 10.4. The number of carbonyl (C=O) groups excluding carboxylic acids is 3. The molecule has 2 aliphatic rings. The van der Waals surface area contributed by atoms with E-state index in [0.29, 0.717) is 0 Å². The van der Waals surface area contributed by atoms with Gasteiger partial charge in [-0.05, 0) is 20.8 Å². The third-order valence-electron chi connectivity index (χ3n) is 5.64. The van der Waals surface area contributed by atoms with Gasteiger partial charge in [0.25, 0.3) is 16.0 Å². The number of hydrogen-bond acceptors (Lipinski definition) is 14. The third-order valence-corrected chi connectivity index (χ3v) is 6.94. The summed E-state index contributed by atoms with van der Waals surface area (Å²) in [6, 6.07) is -1.72. The fraction of sp³-hybridized carbons (Fsp3) is 0.545. The number of aliphatic carboxylic acids is 1. The maximum atomic E-state index is 13.3. The number of carboxylic acid groups (broad SMARTS) is 1. The van der Waals surface area contributed by atoms with Crippen LogP contribution in [0.25, 0.3) is 0 Å². The Kier molecular flexibility index (Phi) is 8.51. The van der Waals surface area contributed by atoms with Crippen LogP contribution in [0.2, 0.25) is 0 Å². The summed E-state index contributed by atoms with van der Waals surface area (Å²) in [5.41, 5.74) is -2.58. The van der Waals surface area contributed by atoms with Crippen LogP contribution in [0.1, 0.15) is 45.0 Å². The predicted octanol–water partition coefficient (Wildman–Crippen LogP) is -0.421. The van der Waals surface area contributed by atoms with Gasteiger partial charge in [-0.2, -0.15) is 23.4 Å². The molecular weight excluding hydrogens is 600 g/mol. The summed E-state index contributed by atoms with van der Waals surface area (Å²) in [6.45, 7) is 4.73. The van der Waals surface area contributed by atoms with Gasteiger partial charge in [0.1, 0.15) is 29.6 Å². The van der Waals surface area contributed by atoms with E-state index in [9.17, 15) is 32.7 Å². The minimum atomic E-state index is -3.68. The van der Waals surface area contributed by atoms with Gasteiger partial charge in [0.15, 0.2) is 10.8 Å². The van der Waals surface area contributed by atoms with Crippen LogP contribution in [0.15, 0.2) is 16.7 Å². The van der Waals surface area contributed by atoms with Gasteiger partial charge < -0.3 is 25.3 Å². The number of aromatic nitrogens is 4. The fourth-order valence-electron chi connectivity index (χ4n) is 3.43. The Balaban J connectivity index is 1.46. The number of carboxylic acids is 1. The predicted molar refractivity (Wildman–Crippen MR) is 143 cm³/mol. The van der Waals surface area contributed by atoms with Gasteiger partial charge in [-0.1, -0.05) is 5.16 Å². The van der Waals surface area contributed by atoms with Crippen LogP contribution < -0.4 is 16.0 Å². The van der Waals surface area contributed by atoms with Crippen molar-refractivity contribution in [2.24, 2.45) is 5.16 Å². The lowest BCUT2D eigenvalue weighted by atomic mass is 9.98. The first-order chi connectivity index (χ1) is 19.5. The van der Waals surface area contributed by atoms with Crippen LogP contribution in [0.3, 0.4) is 0 Å². The Hall–Kier alpha value is -4.17. The van der Waals surface area contributed by atoms with Crippen molar-refractivity contribution in [1.82, 2.24) is 30.6 Å². The number of amides is 3. The molecule has 0 bridgehead atoms. The van der Waals surface area contributed by atoms with Crippen molar-refractivity contribution in [3.63, 3.8) is 0 Å². The van der Waals surface area contributed by atoms with E-state index in [0.717, 1.165) is 17.6 Å². The molecule has 4 rings (SSSR count). The molecular formula is C22H28N8O10S2. The van der Waals surface area contributed by atoms with Crippen molar-refractivity contribution in [1.29, 1.82) is 0 Å². The van der Waals surface area contributed by atoms with Crippen molar-refractivity contribution in [2.75, 3.05) is 11.6 Å². The number of anilines is 1. The minimum Gasteiger partial charge on any atom is -0.478 e. The molecule has 2 fully saturated rings. The van der Waals surface area contributed by atoms with E-state index in [1.54, 1.807) is 20.8 Å². The zero-order chi connectivity index (χ0) is 30.9. The highest BCUT2D eigenvalue weighted by molar-refractivity contribution is 7.85. The second kappa shape index (κ2) is 11.6. The van der Waals surface area contributed by atoms with Crippen molar-refractivity contribution < 1.29 is 46.5 Å². The number of nitrogens with zero attached hydrogens (tertiary/aromatic N) is 5. The van der Waals surface area contributed by atoms with Crippen LogP contribution in [0.5, 0.6) is 0 Å². The van der Waals surface area contributed by atoms with Crippen molar-refractivity contribution in [2.45, 2.75) is 70.1 Å². The van der Waals surface area contributed by atoms with Gasteiger partial charge >= 0.3 is 12.1 Å². The van der Waals surface area contributed by atoms with E-state index in [4.69, 9.17) is 9.57 Å². The Morgan fingerprint density at radius 3 is 2.62 bits per heavy atom. The number of carbonyl (C=O) groups is 4. The summed E-state index contributed by atoms with van der Waals surface area (Å²) in [5, 5.41) is 30.3. The van der Waals surface area contributed by atoms with Crippen LogP contribution in [0.4, 0.5) is 9.93 Å². The summed E-state index contributed by atoms with van der Waals surface area (Å²) in [6.07, 6.45) is 1.78. The molecule has 228 valence electrons. The molecule has 0 spiro atoms. The molecule has 0 unspecified atom stereocenters. The summed E-state index contributed by atoms with van der Waals surface area (Å²) in [5.74, 6) is -2.66. The molecule has 2 aromatic heterocycles. The van der Waals surface area contributed by atoms with E-state index < -0.39 is 63.0 Å². The number of nitrogens with one attached hydrogen (secondary N) is 3. The average molecular weight is 629 g/mol. The Morgan fingerprint density at radius 1 is 1.31 bits per heavy atom. The monoisotopic (exact) mass is 628 g/mol. The first-order valence-corrected chi connectivity index (χ1v) is 15.0. The largest absolute Gasteiger partial charge is 0.478 e. The number of β-lactam (4-membered cyclic amide) rings is 1. The zero-order valence-electron chi connectivity index (χ0n) is 22.8. The zero-order valence-corrected chi connectivity index (χ0v) is 24.4. The Bertz CT molecular complexity index is 1520. The van der Waals surface area contributed by atoms with E-state index in [1.165, 1.54) is 16.4 Å². The highest BCUT2D eigenvalue weighted by Gasteiger charge is 2.55. The fourth-order valence-corrected chi connectivity index (χ4v) is 4.44. The lowest BCUT2D eigenvalue weighted by molar-refractivity contribution is -0.153. The first kappa shape index (κ1) is 30.8. The SMILES string of the molecule is CC(C)(C)OC(=O)Nc1nc(/C(=N/OC2(C(=O)O)CC2)C(=O)N[C@@H]2C(=O)N[C@@H]2Cn2ncc(COS(C)(=O)=O)n2)cs1. The lowest BCUT2D eigenvalue weighted by Crippen LogP contribution is -2.70. The van der Waals surface area contributed by atoms with E-state index in [2.05, 4.69) is 40.5 Å². The van der Waals surface area contributed by atoms with Crippen molar-refractivity contribution in [3.05, 3.63) is 23.0 Å². The second-order valence-corrected chi connectivity index (χ2v) is 12.9. The van der Waals surface area contributed by atoms with Gasteiger partial charge in [-0.3, -0.25) is 19.1 Å². The smallest absolute Gasteiger partial charge is 0.413 e. The van der Waals surface area contributed by atoms with E-state index >= 15 is 0 Å². The molecule has 18 nitrogen and oxygen atoms in total. The van der Waals surface area contributed by atoms with Crippen molar-refractivity contribution in [3.8, 4) is 0 Å². The molecule has 3 amide bonds. The molecule has 2 atom stereocenters. The van der Waals surface area contributed by atoms with Gasteiger partial charge in [0, 0.05) is 18.2 Å². The average Bonchev–Trinajstić information content (AvgIpc) is 3.30. The molecule has 4 N–H and O–H groups in total.